The van der Waals surface area contributed by atoms with Crippen molar-refractivity contribution in [3.63, 3.8) is 0 Å². The molecule has 2 atom stereocenters. The second-order valence-corrected chi connectivity index (χ2v) is 4.71. The van der Waals surface area contributed by atoms with E-state index in [-0.39, 0.29) is 6.10 Å². The normalized spacial score (nSPS) is 13.6. The predicted octanol–water partition coefficient (Wildman–Crippen LogP) is 4.24. The first-order chi connectivity index (χ1) is 7.56. The maximum Gasteiger partial charge on any atom is 0.0791 e. The minimum Gasteiger partial charge on any atom is -0.388 e. The lowest BCUT2D eigenvalue weighted by Crippen LogP contribution is -1.96. The highest BCUT2D eigenvalue weighted by atomic mass is 16.3. The molecular formula is C15H26O. The van der Waals surface area contributed by atoms with E-state index >= 15 is 0 Å². The zero-order chi connectivity index (χ0) is 12.4. The number of hydrogen-bond donors (Lipinski definition) is 1. The van der Waals surface area contributed by atoms with Crippen LogP contribution in [-0.4, -0.2) is 11.2 Å². The van der Waals surface area contributed by atoms with Crippen molar-refractivity contribution >= 4 is 0 Å². The lowest BCUT2D eigenvalue weighted by atomic mass is 10.0. The van der Waals surface area contributed by atoms with Crippen LogP contribution in [-0.2, 0) is 0 Å². The molecule has 0 aromatic rings. The summed E-state index contributed by atoms with van der Waals surface area (Å²) in [6.07, 6.45) is 9.92. The lowest BCUT2D eigenvalue weighted by Gasteiger charge is -2.05. The van der Waals surface area contributed by atoms with Gasteiger partial charge < -0.3 is 5.11 Å². The molecule has 0 spiro atoms. The van der Waals surface area contributed by atoms with Crippen molar-refractivity contribution < 1.29 is 5.11 Å². The Morgan fingerprint density at radius 2 is 2.06 bits per heavy atom. The molecule has 0 fully saturated rings. The summed E-state index contributed by atoms with van der Waals surface area (Å²) in [6.45, 7) is 8.50. The zero-order valence-electron chi connectivity index (χ0n) is 11.2. The molecule has 0 aliphatic heterocycles. The van der Waals surface area contributed by atoms with E-state index in [2.05, 4.69) is 32.6 Å². The van der Waals surface area contributed by atoms with Gasteiger partial charge in [0, 0.05) is 0 Å². The quantitative estimate of drug-likeness (QED) is 0.504. The number of hydrogen-bond acceptors (Lipinski definition) is 1. The van der Waals surface area contributed by atoms with E-state index in [0.29, 0.717) is 5.92 Å². The van der Waals surface area contributed by atoms with Gasteiger partial charge in [0.2, 0.25) is 0 Å². The fourth-order valence-corrected chi connectivity index (χ4v) is 1.34. The lowest BCUT2D eigenvalue weighted by molar-refractivity contribution is 0.219. The van der Waals surface area contributed by atoms with Gasteiger partial charge in [-0.2, -0.15) is 0 Å². The van der Waals surface area contributed by atoms with Crippen LogP contribution in [0.2, 0.25) is 0 Å². The molecule has 0 saturated heterocycles. The molecule has 1 N–H and O–H groups in total. The molecule has 1 heteroatoms. The second-order valence-electron chi connectivity index (χ2n) is 4.71. The highest BCUT2D eigenvalue weighted by Crippen LogP contribution is 2.11. The monoisotopic (exact) mass is 222 g/mol. The van der Waals surface area contributed by atoms with Crippen molar-refractivity contribution in [2.24, 2.45) is 5.92 Å². The SMILES string of the molecule is CCC(O)C=C=CCC(C)CCC=C(C)C. The minimum atomic E-state index is -0.336. The Hall–Kier alpha value is -0.780. The predicted molar refractivity (Wildman–Crippen MR) is 71.4 cm³/mol. The summed E-state index contributed by atoms with van der Waals surface area (Å²) in [4.78, 5) is 0. The van der Waals surface area contributed by atoms with Crippen LogP contribution in [0.1, 0.15) is 53.4 Å². The van der Waals surface area contributed by atoms with Crippen LogP contribution in [0.3, 0.4) is 0 Å². The average Bonchev–Trinajstić information content (AvgIpc) is 2.23. The van der Waals surface area contributed by atoms with Crippen molar-refractivity contribution in [1.82, 2.24) is 0 Å². The summed E-state index contributed by atoms with van der Waals surface area (Å²) in [7, 11) is 0. The molecular weight excluding hydrogens is 196 g/mol. The van der Waals surface area contributed by atoms with Gasteiger partial charge in [-0.25, -0.2) is 0 Å². The summed E-state index contributed by atoms with van der Waals surface area (Å²) in [6, 6.07) is 0. The van der Waals surface area contributed by atoms with E-state index in [4.69, 9.17) is 0 Å². The molecule has 0 aromatic carbocycles. The zero-order valence-corrected chi connectivity index (χ0v) is 11.2. The molecule has 0 aliphatic rings. The molecule has 16 heavy (non-hydrogen) atoms. The van der Waals surface area contributed by atoms with Crippen LogP contribution in [0.25, 0.3) is 0 Å². The first-order valence-electron chi connectivity index (χ1n) is 6.28. The Balaban J connectivity index is 3.76. The molecule has 0 bridgehead atoms. The maximum absolute atomic E-state index is 9.28. The third kappa shape index (κ3) is 9.76. The molecule has 0 heterocycles. The van der Waals surface area contributed by atoms with Gasteiger partial charge in [0.25, 0.3) is 0 Å². The Kier molecular flexibility index (Phi) is 8.99. The topological polar surface area (TPSA) is 20.2 Å². The van der Waals surface area contributed by atoms with Crippen LogP contribution >= 0.6 is 0 Å². The summed E-state index contributed by atoms with van der Waals surface area (Å²) >= 11 is 0. The van der Waals surface area contributed by atoms with Gasteiger partial charge in [0.1, 0.15) is 0 Å². The summed E-state index contributed by atoms with van der Waals surface area (Å²) < 4.78 is 0. The minimum absolute atomic E-state index is 0.336. The van der Waals surface area contributed by atoms with E-state index in [1.165, 1.54) is 18.4 Å². The molecule has 0 aliphatic carbocycles. The molecule has 1 nitrogen and oxygen atoms in total. The smallest absolute Gasteiger partial charge is 0.0791 e. The first-order valence-corrected chi connectivity index (χ1v) is 6.28. The van der Waals surface area contributed by atoms with Crippen LogP contribution in [0, 0.1) is 5.92 Å². The van der Waals surface area contributed by atoms with E-state index in [9.17, 15) is 5.11 Å². The van der Waals surface area contributed by atoms with Crippen molar-refractivity contribution in [1.29, 1.82) is 0 Å². The summed E-state index contributed by atoms with van der Waals surface area (Å²) in [5.74, 6) is 0.690. The van der Waals surface area contributed by atoms with Gasteiger partial charge in [0.15, 0.2) is 0 Å². The second kappa shape index (κ2) is 9.45. The Labute approximate surface area is 101 Å². The molecule has 0 amide bonds. The van der Waals surface area contributed by atoms with Crippen LogP contribution in [0.5, 0.6) is 0 Å². The van der Waals surface area contributed by atoms with E-state index < -0.39 is 0 Å². The maximum atomic E-state index is 9.28. The summed E-state index contributed by atoms with van der Waals surface area (Å²) in [5, 5.41) is 9.28. The molecule has 0 radical (unpaired) electrons. The first kappa shape index (κ1) is 15.2. The van der Waals surface area contributed by atoms with Gasteiger partial charge in [-0.15, -0.1) is 5.73 Å². The van der Waals surface area contributed by atoms with Gasteiger partial charge in [-0.3, -0.25) is 0 Å². The summed E-state index contributed by atoms with van der Waals surface area (Å²) in [5.41, 5.74) is 4.45. The van der Waals surface area contributed by atoms with E-state index in [1.807, 2.05) is 13.0 Å². The van der Waals surface area contributed by atoms with Crippen molar-refractivity contribution in [2.75, 3.05) is 0 Å². The van der Waals surface area contributed by atoms with E-state index in [0.717, 1.165) is 12.8 Å². The van der Waals surface area contributed by atoms with Gasteiger partial charge in [-0.05, 0) is 57.6 Å². The molecule has 2 unspecified atom stereocenters. The number of aliphatic hydroxyl groups excluding tert-OH is 1. The third-order valence-corrected chi connectivity index (χ3v) is 2.56. The fraction of sp³-hybridized carbons (Fsp3) is 0.667. The molecule has 0 aromatic heterocycles. The average molecular weight is 222 g/mol. The highest BCUT2D eigenvalue weighted by molar-refractivity contribution is 4.93. The number of rotatable bonds is 7. The Morgan fingerprint density at radius 3 is 2.62 bits per heavy atom. The van der Waals surface area contributed by atoms with Gasteiger partial charge in [0.05, 0.1) is 6.10 Å². The van der Waals surface area contributed by atoms with Crippen molar-refractivity contribution in [3.05, 3.63) is 29.5 Å². The van der Waals surface area contributed by atoms with Crippen molar-refractivity contribution in [2.45, 2.75) is 59.5 Å². The molecule has 0 rings (SSSR count). The van der Waals surface area contributed by atoms with Crippen LogP contribution in [0.15, 0.2) is 29.5 Å². The third-order valence-electron chi connectivity index (χ3n) is 2.56. The van der Waals surface area contributed by atoms with E-state index in [1.54, 1.807) is 6.08 Å². The highest BCUT2D eigenvalue weighted by Gasteiger charge is 1.97. The Morgan fingerprint density at radius 1 is 1.38 bits per heavy atom. The van der Waals surface area contributed by atoms with Gasteiger partial charge in [-0.1, -0.05) is 25.5 Å². The number of allylic oxidation sites excluding steroid dienone is 2. The molecule has 0 saturated carbocycles. The van der Waals surface area contributed by atoms with Crippen molar-refractivity contribution in [3.8, 4) is 0 Å². The fourth-order valence-electron chi connectivity index (χ4n) is 1.34. The van der Waals surface area contributed by atoms with Crippen LogP contribution in [0.4, 0.5) is 0 Å². The standard InChI is InChI=1S/C15H26O/c1-5-15(16)12-7-6-10-14(4)11-8-9-13(2)3/h6,9,12,14-16H,5,8,10-11H2,1-4H3. The number of aliphatic hydroxyl groups is 1. The Bertz CT molecular complexity index is 253. The van der Waals surface area contributed by atoms with Gasteiger partial charge >= 0.3 is 0 Å². The molecule has 92 valence electrons. The largest absolute Gasteiger partial charge is 0.388 e. The van der Waals surface area contributed by atoms with Crippen LogP contribution < -0.4 is 0 Å².